The third-order valence-corrected chi connectivity index (χ3v) is 3.56. The Morgan fingerprint density at radius 3 is 2.70 bits per heavy atom. The lowest BCUT2D eigenvalue weighted by Crippen LogP contribution is -2.21. The van der Waals surface area contributed by atoms with Crippen LogP contribution in [0.5, 0.6) is 0 Å². The Bertz CT molecular complexity index is 467. The largest absolute Gasteiger partial charge is 0.399 e. The molecule has 1 amide bonds. The Hall–Kier alpha value is -1.01. The van der Waals surface area contributed by atoms with Gasteiger partial charge in [-0.1, -0.05) is 23.2 Å². The number of halogens is 2. The van der Waals surface area contributed by atoms with Gasteiger partial charge in [-0.25, -0.2) is 0 Å². The van der Waals surface area contributed by atoms with Crippen molar-refractivity contribution in [3.8, 4) is 0 Å². The SMILES string of the molecule is Nc1cc(Cl)c(NC(=O)CCCN2CCCO2)c(Cl)c1. The van der Waals surface area contributed by atoms with E-state index in [2.05, 4.69) is 5.32 Å². The van der Waals surface area contributed by atoms with Crippen LogP contribution < -0.4 is 11.1 Å². The summed E-state index contributed by atoms with van der Waals surface area (Å²) in [5.74, 6) is -0.127. The molecule has 0 aliphatic carbocycles. The average molecular weight is 318 g/mol. The molecule has 1 aromatic carbocycles. The van der Waals surface area contributed by atoms with Gasteiger partial charge in [-0.05, 0) is 25.0 Å². The highest BCUT2D eigenvalue weighted by atomic mass is 35.5. The third kappa shape index (κ3) is 4.24. The summed E-state index contributed by atoms with van der Waals surface area (Å²) in [6.07, 6.45) is 2.15. The molecule has 0 bridgehead atoms. The van der Waals surface area contributed by atoms with Crippen LogP contribution in [0.2, 0.25) is 10.0 Å². The van der Waals surface area contributed by atoms with Crippen molar-refractivity contribution in [2.45, 2.75) is 19.3 Å². The molecule has 3 N–H and O–H groups in total. The van der Waals surface area contributed by atoms with Gasteiger partial charge < -0.3 is 11.1 Å². The van der Waals surface area contributed by atoms with Crippen molar-refractivity contribution in [2.24, 2.45) is 0 Å². The summed E-state index contributed by atoms with van der Waals surface area (Å²) in [7, 11) is 0. The van der Waals surface area contributed by atoms with Gasteiger partial charge in [0.1, 0.15) is 0 Å². The molecule has 1 saturated heterocycles. The second kappa shape index (κ2) is 7.13. The van der Waals surface area contributed by atoms with E-state index in [0.29, 0.717) is 27.8 Å². The number of benzene rings is 1. The van der Waals surface area contributed by atoms with E-state index >= 15 is 0 Å². The lowest BCUT2D eigenvalue weighted by Gasteiger charge is -2.13. The third-order valence-electron chi connectivity index (χ3n) is 2.97. The van der Waals surface area contributed by atoms with E-state index in [4.69, 9.17) is 33.8 Å². The van der Waals surface area contributed by atoms with Gasteiger partial charge in [-0.15, -0.1) is 0 Å². The maximum Gasteiger partial charge on any atom is 0.224 e. The molecule has 1 fully saturated rings. The zero-order chi connectivity index (χ0) is 14.5. The monoisotopic (exact) mass is 317 g/mol. The van der Waals surface area contributed by atoms with Crippen LogP contribution >= 0.6 is 23.2 Å². The topological polar surface area (TPSA) is 67.6 Å². The average Bonchev–Trinajstić information content (AvgIpc) is 2.87. The highest BCUT2D eigenvalue weighted by Gasteiger charge is 2.14. The van der Waals surface area contributed by atoms with Gasteiger partial charge in [-0.3, -0.25) is 9.63 Å². The van der Waals surface area contributed by atoms with Crippen molar-refractivity contribution in [1.29, 1.82) is 0 Å². The van der Waals surface area contributed by atoms with E-state index < -0.39 is 0 Å². The molecule has 0 aromatic heterocycles. The van der Waals surface area contributed by atoms with E-state index in [9.17, 15) is 4.79 Å². The molecule has 110 valence electrons. The highest BCUT2D eigenvalue weighted by molar-refractivity contribution is 6.40. The number of carbonyl (C=O) groups is 1. The number of rotatable bonds is 5. The van der Waals surface area contributed by atoms with Crippen LogP contribution in [0.4, 0.5) is 11.4 Å². The summed E-state index contributed by atoms with van der Waals surface area (Å²) >= 11 is 12.0. The Morgan fingerprint density at radius 2 is 2.10 bits per heavy atom. The van der Waals surface area contributed by atoms with Gasteiger partial charge in [0.2, 0.25) is 5.91 Å². The molecule has 0 saturated carbocycles. The first-order chi connectivity index (χ1) is 9.56. The lowest BCUT2D eigenvalue weighted by molar-refractivity contribution is -0.120. The van der Waals surface area contributed by atoms with Crippen molar-refractivity contribution < 1.29 is 9.63 Å². The van der Waals surface area contributed by atoms with Crippen molar-refractivity contribution in [3.05, 3.63) is 22.2 Å². The number of nitrogens with zero attached hydrogens (tertiary/aromatic N) is 1. The summed E-state index contributed by atoms with van der Waals surface area (Å²) < 4.78 is 0. The van der Waals surface area contributed by atoms with Gasteiger partial charge in [0.15, 0.2) is 0 Å². The Balaban J connectivity index is 1.82. The van der Waals surface area contributed by atoms with Crippen LogP contribution in [0.1, 0.15) is 19.3 Å². The number of nitrogens with two attached hydrogens (primary N) is 1. The predicted octanol–water partition coefficient (Wildman–Crippen LogP) is 2.93. The zero-order valence-electron chi connectivity index (χ0n) is 11.0. The van der Waals surface area contributed by atoms with Gasteiger partial charge in [-0.2, -0.15) is 5.06 Å². The molecule has 0 spiro atoms. The molecule has 1 aliphatic rings. The van der Waals surface area contributed by atoms with Crippen molar-refractivity contribution in [1.82, 2.24) is 5.06 Å². The van der Waals surface area contributed by atoms with Gasteiger partial charge in [0.05, 0.1) is 22.3 Å². The summed E-state index contributed by atoms with van der Waals surface area (Å²) in [6, 6.07) is 3.11. The van der Waals surface area contributed by atoms with E-state index in [-0.39, 0.29) is 5.91 Å². The van der Waals surface area contributed by atoms with E-state index in [0.717, 1.165) is 32.5 Å². The van der Waals surface area contributed by atoms with E-state index in [1.807, 2.05) is 5.06 Å². The minimum Gasteiger partial charge on any atom is -0.399 e. The zero-order valence-corrected chi connectivity index (χ0v) is 12.5. The first-order valence-electron chi connectivity index (χ1n) is 6.48. The maximum atomic E-state index is 11.9. The first kappa shape index (κ1) is 15.4. The Labute approximate surface area is 127 Å². The molecule has 1 aromatic rings. The smallest absolute Gasteiger partial charge is 0.224 e. The van der Waals surface area contributed by atoms with E-state index in [1.54, 1.807) is 12.1 Å². The summed E-state index contributed by atoms with van der Waals surface area (Å²) in [4.78, 5) is 17.2. The van der Waals surface area contributed by atoms with Crippen LogP contribution in [0, 0.1) is 0 Å². The second-order valence-electron chi connectivity index (χ2n) is 4.63. The summed E-state index contributed by atoms with van der Waals surface area (Å²) in [5.41, 5.74) is 6.48. The number of nitrogen functional groups attached to an aromatic ring is 1. The second-order valence-corrected chi connectivity index (χ2v) is 5.44. The summed E-state index contributed by atoms with van der Waals surface area (Å²) in [5, 5.41) is 5.28. The molecule has 1 aliphatic heterocycles. The lowest BCUT2D eigenvalue weighted by atomic mass is 10.2. The first-order valence-corrected chi connectivity index (χ1v) is 7.24. The normalized spacial score (nSPS) is 15.5. The van der Waals surface area contributed by atoms with Gasteiger partial charge in [0.25, 0.3) is 0 Å². The molecule has 5 nitrogen and oxygen atoms in total. The van der Waals surface area contributed by atoms with Gasteiger partial charge >= 0.3 is 0 Å². The maximum absolute atomic E-state index is 11.9. The number of hydrogen-bond acceptors (Lipinski definition) is 4. The molecule has 1 heterocycles. The Kier molecular flexibility index (Phi) is 5.48. The van der Waals surface area contributed by atoms with Crippen molar-refractivity contribution in [2.75, 3.05) is 30.7 Å². The fourth-order valence-electron chi connectivity index (χ4n) is 2.01. The number of carbonyl (C=O) groups excluding carboxylic acids is 1. The predicted molar refractivity (Wildman–Crippen MR) is 80.9 cm³/mol. The van der Waals surface area contributed by atoms with Crippen LogP contribution in [0.25, 0.3) is 0 Å². The van der Waals surface area contributed by atoms with Crippen LogP contribution in [-0.2, 0) is 9.63 Å². The molecule has 0 atom stereocenters. The quantitative estimate of drug-likeness (QED) is 0.819. The minimum atomic E-state index is -0.127. The molecule has 0 radical (unpaired) electrons. The van der Waals surface area contributed by atoms with Crippen molar-refractivity contribution >= 4 is 40.5 Å². The van der Waals surface area contributed by atoms with Crippen LogP contribution in [0.15, 0.2) is 12.1 Å². The number of nitrogens with one attached hydrogen (secondary N) is 1. The molecule has 20 heavy (non-hydrogen) atoms. The van der Waals surface area contributed by atoms with Crippen LogP contribution in [-0.4, -0.2) is 30.7 Å². The number of amides is 1. The Morgan fingerprint density at radius 1 is 1.40 bits per heavy atom. The number of hydroxylamine groups is 2. The van der Waals surface area contributed by atoms with Crippen molar-refractivity contribution in [3.63, 3.8) is 0 Å². The molecule has 7 heteroatoms. The standard InChI is InChI=1S/C13H17Cl2N3O2/c14-10-7-9(16)8-11(15)13(10)17-12(19)3-1-4-18-5-2-6-20-18/h7-8H,1-6,16H2,(H,17,19). The minimum absolute atomic E-state index is 0.127. The summed E-state index contributed by atoms with van der Waals surface area (Å²) in [6.45, 7) is 2.44. The molecular weight excluding hydrogens is 301 g/mol. The molecule has 2 rings (SSSR count). The van der Waals surface area contributed by atoms with Gasteiger partial charge in [0, 0.05) is 25.2 Å². The number of hydrogen-bond donors (Lipinski definition) is 2. The van der Waals surface area contributed by atoms with E-state index in [1.165, 1.54) is 0 Å². The van der Waals surface area contributed by atoms with Crippen LogP contribution in [0.3, 0.4) is 0 Å². The molecule has 0 unspecified atom stereocenters. The number of anilines is 2. The fraction of sp³-hybridized carbons (Fsp3) is 0.462. The fourth-order valence-corrected chi connectivity index (χ4v) is 2.60. The molecular formula is C13H17Cl2N3O2. The highest BCUT2D eigenvalue weighted by Crippen LogP contribution is 2.32.